The molecule has 0 spiro atoms. The lowest BCUT2D eigenvalue weighted by molar-refractivity contribution is -0.112. The number of carbonyl (C=O) groups is 1. The van der Waals surface area contributed by atoms with Crippen LogP contribution in [0.5, 0.6) is 17.2 Å². The molecule has 1 N–H and O–H groups in total. The van der Waals surface area contributed by atoms with Gasteiger partial charge < -0.3 is 14.2 Å². The fraction of sp³-hybridized carbons (Fsp3) is 0.308. The molecule has 3 rings (SSSR count). The van der Waals surface area contributed by atoms with E-state index in [0.717, 1.165) is 21.9 Å². The summed E-state index contributed by atoms with van der Waals surface area (Å²) in [5.41, 5.74) is 2.70. The molecule has 9 heteroatoms. The molecule has 0 fully saturated rings. The largest absolute Gasteiger partial charge is 0.493 e. The smallest absolute Gasteiger partial charge is 0.268 e. The molecular weight excluding hydrogens is 464 g/mol. The molecule has 3 aromatic rings. The fourth-order valence-electron chi connectivity index (χ4n) is 3.21. The average molecular weight is 493 g/mol. The zero-order chi connectivity index (χ0) is 25.4. The molecule has 1 heterocycles. The fourth-order valence-corrected chi connectivity index (χ4v) is 3.95. The monoisotopic (exact) mass is 492 g/mol. The van der Waals surface area contributed by atoms with Crippen LogP contribution in [-0.4, -0.2) is 36.4 Å². The van der Waals surface area contributed by atoms with Crippen molar-refractivity contribution in [1.82, 2.24) is 10.2 Å². The maximum Gasteiger partial charge on any atom is 0.268 e. The van der Waals surface area contributed by atoms with E-state index < -0.39 is 5.91 Å². The normalized spacial score (nSPS) is 11.2. The Morgan fingerprint density at radius 3 is 2.46 bits per heavy atom. The Kier molecular flexibility index (Phi) is 8.81. The van der Waals surface area contributed by atoms with Gasteiger partial charge in [-0.2, -0.15) is 5.26 Å². The number of amides is 1. The number of para-hydroxylation sites is 1. The Labute approximate surface area is 209 Å². The van der Waals surface area contributed by atoms with E-state index in [4.69, 9.17) is 14.2 Å². The number of carbonyl (C=O) groups excluding carboxylic acids is 1. The summed E-state index contributed by atoms with van der Waals surface area (Å²) in [5.74, 6) is 1.53. The lowest BCUT2D eigenvalue weighted by Gasteiger charge is -2.14. The topological polar surface area (TPSA) is 106 Å². The third kappa shape index (κ3) is 6.80. The van der Waals surface area contributed by atoms with Crippen LogP contribution >= 0.6 is 11.3 Å². The summed E-state index contributed by atoms with van der Waals surface area (Å²) in [6.07, 6.45) is 1.48. The van der Waals surface area contributed by atoms with Gasteiger partial charge in [-0.05, 0) is 48.7 Å². The van der Waals surface area contributed by atoms with Crippen molar-refractivity contribution in [2.24, 2.45) is 0 Å². The Bertz CT molecular complexity index is 1240. The minimum atomic E-state index is -0.554. The van der Waals surface area contributed by atoms with Crippen LogP contribution in [0.15, 0.2) is 42.0 Å². The second-order valence-corrected chi connectivity index (χ2v) is 9.06. The quantitative estimate of drug-likeness (QED) is 0.233. The number of nitrogens with one attached hydrogen (secondary N) is 1. The molecular formula is C26H28N4O4S. The van der Waals surface area contributed by atoms with E-state index in [-0.39, 0.29) is 11.5 Å². The molecule has 0 unspecified atom stereocenters. The van der Waals surface area contributed by atoms with Gasteiger partial charge in [-0.1, -0.05) is 49.4 Å². The number of ether oxygens (including phenoxy) is 3. The van der Waals surface area contributed by atoms with Crippen molar-refractivity contribution in [3.05, 3.63) is 63.7 Å². The Hall–Kier alpha value is -3.90. The minimum Gasteiger partial charge on any atom is -0.493 e. The van der Waals surface area contributed by atoms with Gasteiger partial charge in [-0.25, -0.2) is 0 Å². The summed E-state index contributed by atoms with van der Waals surface area (Å²) in [6, 6.07) is 13.1. The average Bonchev–Trinajstić information content (AvgIpc) is 3.31. The van der Waals surface area contributed by atoms with Crippen molar-refractivity contribution >= 4 is 28.5 Å². The predicted molar refractivity (Wildman–Crippen MR) is 136 cm³/mol. The van der Waals surface area contributed by atoms with E-state index in [1.54, 1.807) is 18.2 Å². The van der Waals surface area contributed by atoms with Gasteiger partial charge >= 0.3 is 0 Å². The highest BCUT2D eigenvalue weighted by Gasteiger charge is 2.15. The van der Waals surface area contributed by atoms with Gasteiger partial charge in [0.2, 0.25) is 5.13 Å². The number of hydrogen-bond acceptors (Lipinski definition) is 8. The maximum absolute atomic E-state index is 12.6. The minimum absolute atomic E-state index is 0.0657. The third-order valence-electron chi connectivity index (χ3n) is 5.01. The van der Waals surface area contributed by atoms with Gasteiger partial charge in [0.1, 0.15) is 35.6 Å². The number of nitriles is 1. The van der Waals surface area contributed by atoms with Gasteiger partial charge in [-0.15, -0.1) is 10.2 Å². The highest BCUT2D eigenvalue weighted by atomic mass is 32.1. The second-order valence-electron chi connectivity index (χ2n) is 8.05. The van der Waals surface area contributed by atoms with Crippen LogP contribution in [0.4, 0.5) is 5.13 Å². The number of anilines is 1. The van der Waals surface area contributed by atoms with Crippen molar-refractivity contribution in [2.45, 2.75) is 33.6 Å². The Morgan fingerprint density at radius 1 is 1.11 bits per heavy atom. The second kappa shape index (κ2) is 12.0. The molecule has 0 aliphatic rings. The Balaban J connectivity index is 1.64. The van der Waals surface area contributed by atoms with Crippen LogP contribution in [0.2, 0.25) is 0 Å². The summed E-state index contributed by atoms with van der Waals surface area (Å²) >= 11 is 1.28. The molecule has 1 amide bonds. The lowest BCUT2D eigenvalue weighted by atomic mass is 10.1. The predicted octanol–water partition coefficient (Wildman–Crippen LogP) is 5.29. The SMILES string of the molecule is COc1cc(/C=C(/C#N)C(=O)Nc2nnc(C(C)C)s2)ccc1OCCOc1c(C)cccc1C. The molecule has 0 aliphatic carbocycles. The summed E-state index contributed by atoms with van der Waals surface area (Å²) in [6.45, 7) is 8.69. The molecule has 0 saturated carbocycles. The van der Waals surface area contributed by atoms with E-state index >= 15 is 0 Å². The van der Waals surface area contributed by atoms with Gasteiger partial charge in [-0.3, -0.25) is 10.1 Å². The van der Waals surface area contributed by atoms with Gasteiger partial charge in [0, 0.05) is 5.92 Å². The molecule has 0 aliphatic heterocycles. The zero-order valence-electron chi connectivity index (χ0n) is 20.4. The first-order valence-corrected chi connectivity index (χ1v) is 11.9. The number of aromatic nitrogens is 2. The molecule has 1 aromatic heterocycles. The number of nitrogens with zero attached hydrogens (tertiary/aromatic N) is 3. The third-order valence-corrected chi connectivity index (χ3v) is 6.15. The summed E-state index contributed by atoms with van der Waals surface area (Å²) in [5, 5.41) is 21.3. The van der Waals surface area contributed by atoms with E-state index in [2.05, 4.69) is 15.5 Å². The van der Waals surface area contributed by atoms with Crippen molar-refractivity contribution < 1.29 is 19.0 Å². The van der Waals surface area contributed by atoms with Crippen LogP contribution in [0.3, 0.4) is 0 Å². The highest BCUT2D eigenvalue weighted by molar-refractivity contribution is 7.15. The van der Waals surface area contributed by atoms with Gasteiger partial charge in [0.15, 0.2) is 11.5 Å². The number of methoxy groups -OCH3 is 1. The van der Waals surface area contributed by atoms with Crippen molar-refractivity contribution in [1.29, 1.82) is 5.26 Å². The standard InChI is InChI=1S/C26H28N4O4S/c1-16(2)25-29-30-26(35-25)28-24(31)20(15-27)13-19-9-10-21(22(14-19)32-5)33-11-12-34-23-17(3)7-6-8-18(23)4/h6-10,13-14,16H,11-12H2,1-5H3,(H,28,30,31)/b20-13-. The van der Waals surface area contributed by atoms with Crippen LogP contribution in [-0.2, 0) is 4.79 Å². The van der Waals surface area contributed by atoms with Gasteiger partial charge in [0.05, 0.1) is 7.11 Å². The van der Waals surface area contributed by atoms with Crippen molar-refractivity contribution in [3.8, 4) is 23.3 Å². The first-order valence-electron chi connectivity index (χ1n) is 11.1. The summed E-state index contributed by atoms with van der Waals surface area (Å²) in [4.78, 5) is 12.6. The summed E-state index contributed by atoms with van der Waals surface area (Å²) < 4.78 is 17.2. The summed E-state index contributed by atoms with van der Waals surface area (Å²) in [7, 11) is 1.53. The maximum atomic E-state index is 12.6. The van der Waals surface area contributed by atoms with E-state index in [9.17, 15) is 10.1 Å². The number of rotatable bonds is 10. The molecule has 0 radical (unpaired) electrons. The Morgan fingerprint density at radius 2 is 1.83 bits per heavy atom. The van der Waals surface area contributed by atoms with Crippen LogP contribution in [0.25, 0.3) is 6.08 Å². The first kappa shape index (κ1) is 25.7. The highest BCUT2D eigenvalue weighted by Crippen LogP contribution is 2.29. The van der Waals surface area contributed by atoms with Crippen LogP contribution in [0, 0.1) is 25.2 Å². The molecule has 0 atom stereocenters. The van der Waals surface area contributed by atoms with Crippen molar-refractivity contribution in [3.63, 3.8) is 0 Å². The number of benzene rings is 2. The molecule has 0 bridgehead atoms. The zero-order valence-corrected chi connectivity index (χ0v) is 21.2. The number of hydrogen-bond donors (Lipinski definition) is 1. The lowest BCUT2D eigenvalue weighted by Crippen LogP contribution is -2.13. The molecule has 8 nitrogen and oxygen atoms in total. The van der Waals surface area contributed by atoms with Gasteiger partial charge in [0.25, 0.3) is 5.91 Å². The molecule has 35 heavy (non-hydrogen) atoms. The molecule has 182 valence electrons. The molecule has 0 saturated heterocycles. The number of aryl methyl sites for hydroxylation is 2. The van der Waals surface area contributed by atoms with Crippen LogP contribution in [0.1, 0.15) is 41.5 Å². The van der Waals surface area contributed by atoms with E-state index in [1.165, 1.54) is 24.5 Å². The molecule has 2 aromatic carbocycles. The van der Waals surface area contributed by atoms with E-state index in [0.29, 0.717) is 35.4 Å². The van der Waals surface area contributed by atoms with Crippen LogP contribution < -0.4 is 19.5 Å². The van der Waals surface area contributed by atoms with E-state index in [1.807, 2.05) is 52.0 Å². The van der Waals surface area contributed by atoms with Crippen molar-refractivity contribution in [2.75, 3.05) is 25.6 Å². The first-order chi connectivity index (χ1) is 16.8.